The summed E-state index contributed by atoms with van der Waals surface area (Å²) in [5.74, 6) is 0.428. The summed E-state index contributed by atoms with van der Waals surface area (Å²) in [6, 6.07) is 7.50. The molecule has 110 valence electrons. The lowest BCUT2D eigenvalue weighted by Gasteiger charge is -2.10. The van der Waals surface area contributed by atoms with E-state index >= 15 is 0 Å². The van der Waals surface area contributed by atoms with Gasteiger partial charge in [0, 0.05) is 6.54 Å². The molecule has 2 aromatic heterocycles. The van der Waals surface area contributed by atoms with E-state index in [9.17, 15) is 4.79 Å². The monoisotopic (exact) mass is 323 g/mol. The van der Waals surface area contributed by atoms with Gasteiger partial charge in [-0.25, -0.2) is 4.79 Å². The van der Waals surface area contributed by atoms with E-state index < -0.39 is 0 Å². The van der Waals surface area contributed by atoms with E-state index in [1.165, 1.54) is 0 Å². The minimum atomic E-state index is -0.343. The first kappa shape index (κ1) is 14.2. The van der Waals surface area contributed by atoms with Crippen LogP contribution in [-0.2, 0) is 6.54 Å². The summed E-state index contributed by atoms with van der Waals surface area (Å²) < 4.78 is 12.2. The summed E-state index contributed by atoms with van der Waals surface area (Å²) in [5, 5.41) is 1.61. The quantitative estimate of drug-likeness (QED) is 0.681. The molecule has 0 spiro atoms. The zero-order valence-corrected chi connectivity index (χ0v) is 13.2. The number of aromatic nitrogens is 1. The van der Waals surface area contributed by atoms with Gasteiger partial charge < -0.3 is 9.15 Å². The van der Waals surface area contributed by atoms with Crippen LogP contribution in [0.2, 0.25) is 0 Å². The summed E-state index contributed by atoms with van der Waals surface area (Å²) in [6.45, 7) is 2.49. The van der Waals surface area contributed by atoms with Crippen LogP contribution in [0.15, 0.2) is 38.9 Å². The molecule has 0 amide bonds. The zero-order chi connectivity index (χ0) is 15.0. The van der Waals surface area contributed by atoms with Gasteiger partial charge in [-0.05, 0) is 36.1 Å². The number of aryl methyl sites for hydroxylation is 1. The van der Waals surface area contributed by atoms with Crippen LogP contribution >= 0.6 is 22.9 Å². The first-order valence-electron chi connectivity index (χ1n) is 6.54. The number of ether oxygens (including phenoxy) is 1. The lowest BCUT2D eigenvalue weighted by Crippen LogP contribution is -2.11. The van der Waals surface area contributed by atoms with E-state index in [2.05, 4.69) is 0 Å². The number of nitrogens with zero attached hydrogens (tertiary/aromatic N) is 1. The van der Waals surface area contributed by atoms with E-state index in [1.54, 1.807) is 23.0 Å². The summed E-state index contributed by atoms with van der Waals surface area (Å²) in [4.78, 5) is 12.7. The van der Waals surface area contributed by atoms with Gasteiger partial charge in [-0.1, -0.05) is 6.07 Å². The SMILES string of the molecule is CCn1c(=O)oc2cc(C(Cl)c3sccc3OC)ccc21. The Bertz CT molecular complexity index is 833. The van der Waals surface area contributed by atoms with Crippen molar-refractivity contribution in [2.45, 2.75) is 18.8 Å². The standard InChI is InChI=1S/C15H14ClNO3S/c1-3-17-10-5-4-9(8-12(10)20-15(17)18)13(16)14-11(19-2)6-7-21-14/h4-8,13H,3H2,1-2H3. The molecule has 6 heteroatoms. The number of thiophene rings is 1. The van der Waals surface area contributed by atoms with Gasteiger partial charge >= 0.3 is 5.76 Å². The Morgan fingerprint density at radius 2 is 2.24 bits per heavy atom. The lowest BCUT2D eigenvalue weighted by atomic mass is 10.1. The van der Waals surface area contributed by atoms with Crippen molar-refractivity contribution < 1.29 is 9.15 Å². The van der Waals surface area contributed by atoms with E-state index in [4.69, 9.17) is 20.8 Å². The first-order chi connectivity index (χ1) is 10.2. The molecule has 21 heavy (non-hydrogen) atoms. The third kappa shape index (κ3) is 2.36. The van der Waals surface area contributed by atoms with E-state index in [0.717, 1.165) is 21.7 Å². The van der Waals surface area contributed by atoms with Crippen LogP contribution in [0.1, 0.15) is 22.7 Å². The number of rotatable bonds is 4. The average Bonchev–Trinajstić information content (AvgIpc) is 3.08. The Morgan fingerprint density at radius 3 is 2.95 bits per heavy atom. The van der Waals surface area contributed by atoms with Gasteiger partial charge in [0.15, 0.2) is 5.58 Å². The number of alkyl halides is 1. The van der Waals surface area contributed by atoms with Crippen molar-refractivity contribution in [1.29, 1.82) is 0 Å². The van der Waals surface area contributed by atoms with Crippen molar-refractivity contribution in [3.8, 4) is 5.75 Å². The van der Waals surface area contributed by atoms with Crippen molar-refractivity contribution in [1.82, 2.24) is 4.57 Å². The third-order valence-corrected chi connectivity index (χ3v) is 4.97. The Labute approximate surface area is 130 Å². The molecule has 1 aromatic carbocycles. The molecule has 0 N–H and O–H groups in total. The van der Waals surface area contributed by atoms with Gasteiger partial charge in [-0.3, -0.25) is 4.57 Å². The summed E-state index contributed by atoms with van der Waals surface area (Å²) >= 11 is 8.08. The molecule has 1 unspecified atom stereocenters. The molecule has 0 aliphatic carbocycles. The van der Waals surface area contributed by atoms with Crippen molar-refractivity contribution >= 4 is 34.0 Å². The molecule has 0 fully saturated rings. The summed E-state index contributed by atoms with van der Waals surface area (Å²) in [5.41, 5.74) is 2.22. The van der Waals surface area contributed by atoms with Crippen LogP contribution in [0.3, 0.4) is 0 Å². The highest BCUT2D eigenvalue weighted by Gasteiger charge is 2.19. The van der Waals surface area contributed by atoms with Gasteiger partial charge in [-0.15, -0.1) is 22.9 Å². The van der Waals surface area contributed by atoms with Gasteiger partial charge in [-0.2, -0.15) is 0 Å². The second kappa shape index (κ2) is 5.58. The maximum absolute atomic E-state index is 11.7. The third-order valence-electron chi connectivity index (χ3n) is 3.41. The molecular formula is C15H14ClNO3S. The second-order valence-corrected chi connectivity index (χ2v) is 5.94. The fraction of sp³-hybridized carbons (Fsp3) is 0.267. The highest BCUT2D eigenvalue weighted by Crippen LogP contribution is 2.39. The van der Waals surface area contributed by atoms with Gasteiger partial charge in [0.05, 0.1) is 22.9 Å². The minimum absolute atomic E-state index is 0.334. The highest BCUT2D eigenvalue weighted by atomic mass is 35.5. The van der Waals surface area contributed by atoms with E-state index in [0.29, 0.717) is 12.1 Å². The van der Waals surface area contributed by atoms with Crippen LogP contribution in [0, 0.1) is 0 Å². The predicted octanol–water partition coefficient (Wildman–Crippen LogP) is 4.01. The summed E-state index contributed by atoms with van der Waals surface area (Å²) in [7, 11) is 1.62. The smallest absolute Gasteiger partial charge is 0.419 e. The van der Waals surface area contributed by atoms with Crippen LogP contribution in [0.25, 0.3) is 11.1 Å². The fourth-order valence-electron chi connectivity index (χ4n) is 2.35. The molecule has 3 aromatic rings. The topological polar surface area (TPSA) is 44.4 Å². The largest absolute Gasteiger partial charge is 0.496 e. The molecule has 0 aliphatic heterocycles. The normalized spacial score (nSPS) is 12.7. The first-order valence-corrected chi connectivity index (χ1v) is 7.86. The Kier molecular flexibility index (Phi) is 3.78. The Morgan fingerprint density at radius 1 is 1.43 bits per heavy atom. The van der Waals surface area contributed by atoms with Gasteiger partial charge in [0.2, 0.25) is 0 Å². The van der Waals surface area contributed by atoms with Crippen molar-refractivity contribution in [2.75, 3.05) is 7.11 Å². The molecular weight excluding hydrogens is 310 g/mol. The van der Waals surface area contributed by atoms with E-state index in [-0.39, 0.29) is 11.1 Å². The molecule has 0 aliphatic rings. The molecule has 0 radical (unpaired) electrons. The maximum Gasteiger partial charge on any atom is 0.419 e. The number of benzene rings is 1. The number of halogens is 1. The van der Waals surface area contributed by atoms with Crippen molar-refractivity contribution in [3.63, 3.8) is 0 Å². The Hall–Kier alpha value is -1.72. The molecule has 4 nitrogen and oxygen atoms in total. The molecule has 0 saturated carbocycles. The molecule has 0 bridgehead atoms. The second-order valence-electron chi connectivity index (χ2n) is 4.56. The number of oxazole rings is 1. The number of hydrogen-bond donors (Lipinski definition) is 0. The average molecular weight is 324 g/mol. The van der Waals surface area contributed by atoms with Gasteiger partial charge in [0.25, 0.3) is 0 Å². The molecule has 2 heterocycles. The minimum Gasteiger partial charge on any atom is -0.496 e. The number of fused-ring (bicyclic) bond motifs is 1. The van der Waals surface area contributed by atoms with Crippen molar-refractivity contribution in [3.05, 3.63) is 50.6 Å². The van der Waals surface area contributed by atoms with Crippen LogP contribution < -0.4 is 10.5 Å². The van der Waals surface area contributed by atoms with Crippen LogP contribution in [-0.4, -0.2) is 11.7 Å². The van der Waals surface area contributed by atoms with Gasteiger partial charge in [0.1, 0.15) is 5.75 Å². The molecule has 0 saturated heterocycles. The maximum atomic E-state index is 11.7. The zero-order valence-electron chi connectivity index (χ0n) is 11.6. The number of methoxy groups -OCH3 is 1. The lowest BCUT2D eigenvalue weighted by molar-refractivity contribution is 0.413. The highest BCUT2D eigenvalue weighted by molar-refractivity contribution is 7.10. The molecule has 1 atom stereocenters. The van der Waals surface area contributed by atoms with Crippen LogP contribution in [0.5, 0.6) is 5.75 Å². The predicted molar refractivity (Wildman–Crippen MR) is 84.7 cm³/mol. The van der Waals surface area contributed by atoms with E-state index in [1.807, 2.05) is 36.6 Å². The Balaban J connectivity index is 2.07. The number of hydrogen-bond acceptors (Lipinski definition) is 4. The van der Waals surface area contributed by atoms with Crippen LogP contribution in [0.4, 0.5) is 0 Å². The van der Waals surface area contributed by atoms with Crippen molar-refractivity contribution in [2.24, 2.45) is 0 Å². The molecule has 3 rings (SSSR count). The summed E-state index contributed by atoms with van der Waals surface area (Å²) in [6.07, 6.45) is 0. The fourth-order valence-corrected chi connectivity index (χ4v) is 3.61.